The summed E-state index contributed by atoms with van der Waals surface area (Å²) in [4.78, 5) is 47.4. The number of rotatable bonds is 12. The Morgan fingerprint density at radius 2 is 1.85 bits per heavy atom. The molecule has 11 heteroatoms. The molecule has 0 aliphatic carbocycles. The number of hydrogen-bond acceptors (Lipinski definition) is 7. The molecule has 0 aliphatic heterocycles. The van der Waals surface area contributed by atoms with Crippen molar-refractivity contribution in [3.63, 3.8) is 0 Å². The molecule has 0 radical (unpaired) electrons. The molecule has 7 N–H and O–H groups in total. The lowest BCUT2D eigenvalue weighted by Gasteiger charge is -2.16. The Morgan fingerprint density at radius 1 is 1.09 bits per heavy atom. The van der Waals surface area contributed by atoms with Crippen LogP contribution in [-0.4, -0.2) is 40.7 Å². The number of aromatic carboxylic acids is 1. The maximum absolute atomic E-state index is 12.4. The fourth-order valence-electron chi connectivity index (χ4n) is 3.19. The lowest BCUT2D eigenvalue weighted by Crippen LogP contribution is -2.41. The summed E-state index contributed by atoms with van der Waals surface area (Å²) in [5, 5.41) is 23.0. The number of carbonyl (C=O) groups is 4. The molecule has 2 rings (SSSR count). The van der Waals surface area contributed by atoms with E-state index in [9.17, 15) is 24.3 Å². The van der Waals surface area contributed by atoms with Crippen molar-refractivity contribution in [2.45, 2.75) is 39.0 Å². The molecule has 0 spiro atoms. The molecule has 178 valence electrons. The molecule has 0 fully saturated rings. The van der Waals surface area contributed by atoms with E-state index in [0.717, 1.165) is 19.3 Å². The van der Waals surface area contributed by atoms with Gasteiger partial charge in [-0.1, -0.05) is 26.2 Å². The number of anilines is 1. The van der Waals surface area contributed by atoms with Gasteiger partial charge in [-0.25, -0.2) is 10.3 Å². The van der Waals surface area contributed by atoms with Crippen LogP contribution in [0.25, 0.3) is 11.3 Å². The summed E-state index contributed by atoms with van der Waals surface area (Å²) in [6.45, 7) is 1.83. The summed E-state index contributed by atoms with van der Waals surface area (Å²) < 4.78 is 5.50. The highest BCUT2D eigenvalue weighted by Crippen LogP contribution is 2.26. The van der Waals surface area contributed by atoms with Crippen molar-refractivity contribution in [1.82, 2.24) is 16.1 Å². The molecule has 0 saturated heterocycles. The third kappa shape index (κ3) is 7.35. The smallest absolute Gasteiger partial charge is 0.337 e. The molecule has 1 aromatic heterocycles. The number of benzene rings is 1. The number of furan rings is 1. The average Bonchev–Trinajstić information content (AvgIpc) is 3.28. The van der Waals surface area contributed by atoms with E-state index >= 15 is 0 Å². The first kappa shape index (κ1) is 25.4. The van der Waals surface area contributed by atoms with Gasteiger partial charge in [0.15, 0.2) is 5.76 Å². The van der Waals surface area contributed by atoms with Crippen molar-refractivity contribution in [3.05, 3.63) is 41.7 Å². The molecule has 0 bridgehead atoms. The summed E-state index contributed by atoms with van der Waals surface area (Å²) in [5.41, 5.74) is 7.63. The quantitative estimate of drug-likeness (QED) is 0.0914. The minimum Gasteiger partial charge on any atom is -0.478 e. The van der Waals surface area contributed by atoms with Gasteiger partial charge in [0.05, 0.1) is 12.2 Å². The summed E-state index contributed by atoms with van der Waals surface area (Å²) in [6.07, 6.45) is 2.92. The summed E-state index contributed by atoms with van der Waals surface area (Å²) in [6, 6.07) is 7.29. The van der Waals surface area contributed by atoms with E-state index in [1.807, 2.05) is 6.92 Å². The van der Waals surface area contributed by atoms with E-state index in [2.05, 4.69) is 10.6 Å². The monoisotopic (exact) mass is 460 g/mol. The Balaban J connectivity index is 1.94. The van der Waals surface area contributed by atoms with Gasteiger partial charge >= 0.3 is 5.97 Å². The Kier molecular flexibility index (Phi) is 9.43. The molecular weight excluding hydrogens is 432 g/mol. The third-order valence-electron chi connectivity index (χ3n) is 4.99. The molecule has 0 aliphatic rings. The van der Waals surface area contributed by atoms with E-state index in [1.165, 1.54) is 29.7 Å². The Labute approximate surface area is 190 Å². The molecule has 1 aromatic carbocycles. The summed E-state index contributed by atoms with van der Waals surface area (Å²) >= 11 is 0. The number of nitrogens with one attached hydrogen (secondary N) is 3. The minimum absolute atomic E-state index is 0.0351. The van der Waals surface area contributed by atoms with Gasteiger partial charge in [0.2, 0.25) is 11.8 Å². The second-order valence-corrected chi connectivity index (χ2v) is 7.43. The van der Waals surface area contributed by atoms with Crippen LogP contribution in [0.3, 0.4) is 0 Å². The van der Waals surface area contributed by atoms with Crippen molar-refractivity contribution in [2.75, 3.05) is 12.4 Å². The van der Waals surface area contributed by atoms with Gasteiger partial charge in [0, 0.05) is 23.6 Å². The maximum Gasteiger partial charge on any atom is 0.337 e. The van der Waals surface area contributed by atoms with Crippen LogP contribution in [0, 0.1) is 5.92 Å². The molecule has 33 heavy (non-hydrogen) atoms. The van der Waals surface area contributed by atoms with E-state index in [4.69, 9.17) is 15.4 Å². The predicted molar refractivity (Wildman–Crippen MR) is 118 cm³/mol. The summed E-state index contributed by atoms with van der Waals surface area (Å²) in [7, 11) is 0. The number of carboxylic acids is 1. The Bertz CT molecular complexity index is 1000. The van der Waals surface area contributed by atoms with E-state index < -0.39 is 29.6 Å². The lowest BCUT2D eigenvalue weighted by molar-refractivity contribution is -0.135. The molecule has 1 atom stereocenters. The first-order valence-corrected chi connectivity index (χ1v) is 10.5. The molecule has 1 heterocycles. The van der Waals surface area contributed by atoms with Crippen LogP contribution in [0.15, 0.2) is 34.7 Å². The Hall–Kier alpha value is -3.86. The fourth-order valence-corrected chi connectivity index (χ4v) is 3.19. The highest BCUT2D eigenvalue weighted by Gasteiger charge is 2.22. The van der Waals surface area contributed by atoms with E-state index in [-0.39, 0.29) is 35.9 Å². The second-order valence-electron chi connectivity index (χ2n) is 7.43. The number of hydroxylamine groups is 1. The van der Waals surface area contributed by atoms with Gasteiger partial charge in [0.1, 0.15) is 5.76 Å². The number of amides is 3. The van der Waals surface area contributed by atoms with Crippen LogP contribution in [0.5, 0.6) is 0 Å². The highest BCUT2D eigenvalue weighted by atomic mass is 16.5. The Morgan fingerprint density at radius 3 is 2.52 bits per heavy atom. The van der Waals surface area contributed by atoms with Gasteiger partial charge in [-0.3, -0.25) is 19.6 Å². The van der Waals surface area contributed by atoms with Crippen LogP contribution in [-0.2, 0) is 9.59 Å². The topological polar surface area (TPSA) is 184 Å². The maximum atomic E-state index is 12.4. The van der Waals surface area contributed by atoms with Crippen LogP contribution in [0.4, 0.5) is 5.69 Å². The number of carbonyl (C=O) groups excluding carboxylic acids is 3. The molecule has 0 saturated carbocycles. The van der Waals surface area contributed by atoms with Gasteiger partial charge in [-0.15, -0.1) is 0 Å². The minimum atomic E-state index is -1.18. The number of nitrogens with two attached hydrogens (primary N) is 1. The normalized spacial score (nSPS) is 11.5. The van der Waals surface area contributed by atoms with Crippen LogP contribution >= 0.6 is 0 Å². The number of nitrogen functional groups attached to an aromatic ring is 1. The zero-order valence-electron chi connectivity index (χ0n) is 18.2. The van der Waals surface area contributed by atoms with Crippen molar-refractivity contribution < 1.29 is 33.9 Å². The molecule has 11 nitrogen and oxygen atoms in total. The predicted octanol–water partition coefficient (Wildman–Crippen LogP) is 2.12. The second kappa shape index (κ2) is 12.2. The zero-order valence-corrected chi connectivity index (χ0v) is 18.2. The largest absolute Gasteiger partial charge is 0.478 e. The van der Waals surface area contributed by atoms with Gasteiger partial charge in [0.25, 0.3) is 5.91 Å². The van der Waals surface area contributed by atoms with Crippen LogP contribution < -0.4 is 21.8 Å². The number of hydrogen-bond donors (Lipinski definition) is 6. The first-order chi connectivity index (χ1) is 15.8. The molecule has 3 amide bonds. The van der Waals surface area contributed by atoms with Crippen LogP contribution in [0.2, 0.25) is 0 Å². The van der Waals surface area contributed by atoms with Crippen molar-refractivity contribution >= 4 is 29.4 Å². The van der Waals surface area contributed by atoms with E-state index in [0.29, 0.717) is 12.0 Å². The van der Waals surface area contributed by atoms with Gasteiger partial charge < -0.3 is 25.9 Å². The highest BCUT2D eigenvalue weighted by molar-refractivity contribution is 5.95. The molecule has 0 unspecified atom stereocenters. The zero-order chi connectivity index (χ0) is 24.4. The molecular formula is C22H28N4O7. The van der Waals surface area contributed by atoms with Gasteiger partial charge in [-0.05, 0) is 36.8 Å². The molecule has 2 aromatic rings. The van der Waals surface area contributed by atoms with Crippen molar-refractivity contribution in [3.8, 4) is 11.3 Å². The van der Waals surface area contributed by atoms with Crippen molar-refractivity contribution in [1.29, 1.82) is 0 Å². The first-order valence-electron chi connectivity index (χ1n) is 10.5. The number of carboxylic acid groups (broad SMARTS) is 1. The standard InChI is InChI=1S/C22H28N4O7/c1-2-3-4-5-14(11-19(27)26-32)20(28)24-12-25-21(29)18-9-8-17(33-18)13-6-7-16(23)15(10-13)22(30)31/h6-10,14,32H,2-5,11-12,23H2,1H3,(H,24,28)(H,25,29)(H,26,27)(H,30,31)/t14-/m1/s1. The number of unbranched alkanes of at least 4 members (excludes halogenated alkanes) is 2. The van der Waals surface area contributed by atoms with Crippen LogP contribution in [0.1, 0.15) is 59.9 Å². The lowest BCUT2D eigenvalue weighted by atomic mass is 9.96. The van der Waals surface area contributed by atoms with E-state index in [1.54, 1.807) is 6.07 Å². The average molecular weight is 460 g/mol. The van der Waals surface area contributed by atoms with Gasteiger partial charge in [-0.2, -0.15) is 0 Å². The summed E-state index contributed by atoms with van der Waals surface area (Å²) in [5.74, 6) is -3.24. The third-order valence-corrected chi connectivity index (χ3v) is 4.99. The van der Waals surface area contributed by atoms with Crippen molar-refractivity contribution in [2.24, 2.45) is 5.92 Å². The SMILES string of the molecule is CCCCC[C@H](CC(=O)NO)C(=O)NCNC(=O)c1ccc(-c2ccc(N)c(C(=O)O)c2)o1. The fraction of sp³-hybridized carbons (Fsp3) is 0.364.